The summed E-state index contributed by atoms with van der Waals surface area (Å²) in [6.07, 6.45) is 5.11. The maximum atomic E-state index is 12.0. The van der Waals surface area contributed by atoms with Gasteiger partial charge >= 0.3 is 0 Å². The minimum absolute atomic E-state index is 0.0924. The number of carbonyl (C=O) groups is 1. The van der Waals surface area contributed by atoms with Crippen molar-refractivity contribution in [3.63, 3.8) is 0 Å². The van der Waals surface area contributed by atoms with Gasteiger partial charge < -0.3 is 5.32 Å². The first-order valence-electron chi connectivity index (χ1n) is 7.27. The molecule has 2 rings (SSSR count). The number of rotatable bonds is 5. The van der Waals surface area contributed by atoms with Gasteiger partial charge in [-0.05, 0) is 37.9 Å². The quantitative estimate of drug-likeness (QED) is 0.901. The number of halogens is 1. The SMILES string of the molecule is CC1CCCCC1N(C)CC(=O)NCc1ccc(Cl)s1. The van der Waals surface area contributed by atoms with Crippen LogP contribution >= 0.6 is 22.9 Å². The molecule has 1 amide bonds. The Kier molecular flexibility index (Phi) is 5.87. The van der Waals surface area contributed by atoms with Crippen LogP contribution in [0.25, 0.3) is 0 Å². The second kappa shape index (κ2) is 7.43. The summed E-state index contributed by atoms with van der Waals surface area (Å²) in [5.41, 5.74) is 0. The molecule has 1 aliphatic carbocycles. The topological polar surface area (TPSA) is 32.3 Å². The maximum Gasteiger partial charge on any atom is 0.234 e. The molecule has 1 aliphatic rings. The van der Waals surface area contributed by atoms with Crippen LogP contribution in [0.2, 0.25) is 4.34 Å². The summed E-state index contributed by atoms with van der Waals surface area (Å²) in [6, 6.07) is 4.37. The Hall–Kier alpha value is -0.580. The molecule has 1 N–H and O–H groups in total. The highest BCUT2D eigenvalue weighted by atomic mass is 35.5. The third-order valence-electron chi connectivity index (χ3n) is 4.11. The molecule has 1 aromatic heterocycles. The van der Waals surface area contributed by atoms with Crippen molar-refractivity contribution >= 4 is 28.8 Å². The predicted octanol–water partition coefficient (Wildman–Crippen LogP) is 3.53. The van der Waals surface area contributed by atoms with Crippen molar-refractivity contribution in [1.29, 1.82) is 0 Å². The Morgan fingerprint density at radius 2 is 2.20 bits per heavy atom. The number of thiophene rings is 1. The van der Waals surface area contributed by atoms with Crippen molar-refractivity contribution in [2.75, 3.05) is 13.6 Å². The van der Waals surface area contributed by atoms with Crippen LogP contribution < -0.4 is 5.32 Å². The van der Waals surface area contributed by atoms with Crippen LogP contribution in [0.3, 0.4) is 0 Å². The molecular formula is C15H23ClN2OS. The van der Waals surface area contributed by atoms with Crippen molar-refractivity contribution in [2.24, 2.45) is 5.92 Å². The molecule has 2 unspecified atom stereocenters. The van der Waals surface area contributed by atoms with E-state index in [0.29, 0.717) is 25.0 Å². The van der Waals surface area contributed by atoms with E-state index in [0.717, 1.165) is 9.21 Å². The van der Waals surface area contributed by atoms with E-state index in [1.807, 2.05) is 12.1 Å². The Morgan fingerprint density at radius 1 is 1.45 bits per heavy atom. The lowest BCUT2D eigenvalue weighted by atomic mass is 9.85. The number of amides is 1. The lowest BCUT2D eigenvalue weighted by Crippen LogP contribution is -2.44. The fourth-order valence-corrected chi connectivity index (χ4v) is 4.01. The molecule has 1 heterocycles. The average Bonchev–Trinajstić information content (AvgIpc) is 2.82. The standard InChI is InChI=1S/C15H23ClN2OS/c1-11-5-3-4-6-13(11)18(2)10-15(19)17-9-12-7-8-14(16)20-12/h7-8,11,13H,3-6,9-10H2,1-2H3,(H,17,19). The number of hydrogen-bond acceptors (Lipinski definition) is 3. The largest absolute Gasteiger partial charge is 0.350 e. The molecule has 1 saturated carbocycles. The van der Waals surface area contributed by atoms with E-state index in [-0.39, 0.29) is 5.91 Å². The zero-order valence-corrected chi connectivity index (χ0v) is 13.8. The van der Waals surface area contributed by atoms with E-state index >= 15 is 0 Å². The molecule has 1 fully saturated rings. The molecule has 3 nitrogen and oxygen atoms in total. The van der Waals surface area contributed by atoms with Crippen molar-refractivity contribution < 1.29 is 4.79 Å². The van der Waals surface area contributed by atoms with E-state index in [2.05, 4.69) is 24.2 Å². The third-order valence-corrected chi connectivity index (χ3v) is 5.35. The number of nitrogens with zero attached hydrogens (tertiary/aromatic N) is 1. The van der Waals surface area contributed by atoms with Crippen molar-refractivity contribution in [3.8, 4) is 0 Å². The van der Waals surface area contributed by atoms with Gasteiger partial charge in [-0.25, -0.2) is 0 Å². The summed E-state index contributed by atoms with van der Waals surface area (Å²) in [4.78, 5) is 15.3. The summed E-state index contributed by atoms with van der Waals surface area (Å²) >= 11 is 7.39. The number of carbonyl (C=O) groups excluding carboxylic acids is 1. The van der Waals surface area contributed by atoms with E-state index < -0.39 is 0 Å². The molecule has 1 aromatic rings. The summed E-state index contributed by atoms with van der Waals surface area (Å²) < 4.78 is 0.766. The van der Waals surface area contributed by atoms with Crippen LogP contribution in [0.15, 0.2) is 12.1 Å². The zero-order valence-electron chi connectivity index (χ0n) is 12.2. The summed E-state index contributed by atoms with van der Waals surface area (Å²) in [7, 11) is 2.06. The number of nitrogens with one attached hydrogen (secondary N) is 1. The van der Waals surface area contributed by atoms with Crippen LogP contribution in [-0.2, 0) is 11.3 Å². The van der Waals surface area contributed by atoms with E-state index in [1.165, 1.54) is 37.0 Å². The van der Waals surface area contributed by atoms with Gasteiger partial charge in [-0.15, -0.1) is 11.3 Å². The smallest absolute Gasteiger partial charge is 0.234 e. The van der Waals surface area contributed by atoms with Crippen LogP contribution in [0.5, 0.6) is 0 Å². The highest BCUT2D eigenvalue weighted by Crippen LogP contribution is 2.27. The van der Waals surface area contributed by atoms with Crippen LogP contribution in [-0.4, -0.2) is 30.4 Å². The number of likely N-dealkylation sites (N-methyl/N-ethyl adjacent to an activating group) is 1. The molecule has 0 saturated heterocycles. The van der Waals surface area contributed by atoms with Gasteiger partial charge in [0.2, 0.25) is 5.91 Å². The molecule has 0 spiro atoms. The molecule has 5 heteroatoms. The molecule has 0 aromatic carbocycles. The van der Waals surface area contributed by atoms with Gasteiger partial charge in [0, 0.05) is 10.9 Å². The normalized spacial score (nSPS) is 23.0. The highest BCUT2D eigenvalue weighted by Gasteiger charge is 2.25. The summed E-state index contributed by atoms with van der Waals surface area (Å²) in [6.45, 7) is 3.35. The monoisotopic (exact) mass is 314 g/mol. The van der Waals surface area contributed by atoms with Crippen molar-refractivity contribution in [2.45, 2.75) is 45.2 Å². The second-order valence-corrected chi connectivity index (χ2v) is 7.53. The Balaban J connectivity index is 1.75. The first-order chi connectivity index (χ1) is 9.56. The van der Waals surface area contributed by atoms with Crippen LogP contribution in [0.1, 0.15) is 37.5 Å². The van der Waals surface area contributed by atoms with E-state index in [9.17, 15) is 4.79 Å². The average molecular weight is 315 g/mol. The van der Waals surface area contributed by atoms with Crippen molar-refractivity contribution in [3.05, 3.63) is 21.3 Å². The fraction of sp³-hybridized carbons (Fsp3) is 0.667. The zero-order chi connectivity index (χ0) is 14.5. The van der Waals surface area contributed by atoms with Gasteiger partial charge in [-0.2, -0.15) is 0 Å². The van der Waals surface area contributed by atoms with Crippen LogP contribution in [0.4, 0.5) is 0 Å². The molecule has 20 heavy (non-hydrogen) atoms. The Bertz CT molecular complexity index is 449. The molecule has 112 valence electrons. The Labute approximate surface area is 130 Å². The lowest BCUT2D eigenvalue weighted by Gasteiger charge is -2.35. The highest BCUT2D eigenvalue weighted by molar-refractivity contribution is 7.16. The van der Waals surface area contributed by atoms with Crippen LogP contribution in [0, 0.1) is 5.92 Å². The number of hydrogen-bond donors (Lipinski definition) is 1. The Morgan fingerprint density at radius 3 is 2.85 bits per heavy atom. The molecular weight excluding hydrogens is 292 g/mol. The van der Waals surface area contributed by atoms with E-state index in [1.54, 1.807) is 0 Å². The van der Waals surface area contributed by atoms with E-state index in [4.69, 9.17) is 11.6 Å². The minimum atomic E-state index is 0.0924. The first-order valence-corrected chi connectivity index (χ1v) is 8.47. The molecule has 0 radical (unpaired) electrons. The van der Waals surface area contributed by atoms with Gasteiger partial charge in [0.25, 0.3) is 0 Å². The molecule has 0 aliphatic heterocycles. The summed E-state index contributed by atoms with van der Waals surface area (Å²) in [5.74, 6) is 0.785. The van der Waals surface area contributed by atoms with Crippen molar-refractivity contribution in [1.82, 2.24) is 10.2 Å². The van der Waals surface area contributed by atoms with Gasteiger partial charge in [0.1, 0.15) is 0 Å². The maximum absolute atomic E-state index is 12.0. The van der Waals surface area contributed by atoms with Gasteiger partial charge in [0.05, 0.1) is 17.4 Å². The fourth-order valence-electron chi connectivity index (χ4n) is 2.98. The second-order valence-electron chi connectivity index (χ2n) is 5.73. The lowest BCUT2D eigenvalue weighted by molar-refractivity contribution is -0.123. The predicted molar refractivity (Wildman–Crippen MR) is 85.2 cm³/mol. The molecule has 0 bridgehead atoms. The third kappa shape index (κ3) is 4.47. The van der Waals surface area contributed by atoms with Gasteiger partial charge in [-0.1, -0.05) is 31.4 Å². The first kappa shape index (κ1) is 15.8. The van der Waals surface area contributed by atoms with Gasteiger partial charge in [-0.3, -0.25) is 9.69 Å². The molecule has 2 atom stereocenters. The van der Waals surface area contributed by atoms with Gasteiger partial charge in [0.15, 0.2) is 0 Å². The minimum Gasteiger partial charge on any atom is -0.350 e. The summed E-state index contributed by atoms with van der Waals surface area (Å²) in [5, 5.41) is 2.97.